The van der Waals surface area contributed by atoms with Crippen LogP contribution < -0.4 is 0 Å². The molecule has 0 heterocycles. The number of carbonyl (C=O) groups is 3. The third-order valence-corrected chi connectivity index (χ3v) is 9.67. The van der Waals surface area contributed by atoms with Gasteiger partial charge in [-0.15, -0.1) is 11.6 Å². The Hall–Kier alpha value is -1.46. The van der Waals surface area contributed by atoms with Gasteiger partial charge in [0.15, 0.2) is 11.6 Å². The number of Topliss-reactive ketones (excluding diaryl/α,β-unsaturated/α-hetero) is 1. The van der Waals surface area contributed by atoms with Gasteiger partial charge in [-0.2, -0.15) is 0 Å². The SMILES string of the molecule is CC(=O)OCC(=O)[C@H]1C(C)C[C@H]2[C@@H]3CCC4=CC(=O)C=C[C@]4(C)[C@@]3(Cl)C(O)C[C@]12C. The third-order valence-electron chi connectivity index (χ3n) is 8.75. The van der Waals surface area contributed by atoms with E-state index >= 15 is 0 Å². The fraction of sp³-hybridized carbons (Fsp3) is 0.708. The molecule has 0 aromatic carbocycles. The van der Waals surface area contributed by atoms with Gasteiger partial charge in [0, 0.05) is 18.3 Å². The number of hydrogen-bond donors (Lipinski definition) is 1. The van der Waals surface area contributed by atoms with Gasteiger partial charge in [-0.1, -0.05) is 32.4 Å². The van der Waals surface area contributed by atoms with Crippen LogP contribution in [0.25, 0.3) is 0 Å². The molecule has 0 aromatic rings. The van der Waals surface area contributed by atoms with E-state index in [2.05, 4.69) is 13.8 Å². The number of aliphatic hydroxyl groups is 1. The number of alkyl halides is 1. The molecule has 4 aliphatic carbocycles. The minimum absolute atomic E-state index is 0.0260. The van der Waals surface area contributed by atoms with Crippen LogP contribution in [0.5, 0.6) is 0 Å². The van der Waals surface area contributed by atoms with Crippen LogP contribution in [0.1, 0.15) is 53.4 Å². The van der Waals surface area contributed by atoms with Gasteiger partial charge in [0.1, 0.15) is 6.61 Å². The first kappa shape index (κ1) is 21.8. The Morgan fingerprint density at radius 1 is 1.30 bits per heavy atom. The van der Waals surface area contributed by atoms with Crippen molar-refractivity contribution in [2.75, 3.05) is 6.61 Å². The van der Waals surface area contributed by atoms with Gasteiger partial charge in [0.05, 0.1) is 11.0 Å². The Labute approximate surface area is 182 Å². The summed E-state index contributed by atoms with van der Waals surface area (Å²) >= 11 is 7.39. The average molecular weight is 435 g/mol. The average Bonchev–Trinajstić information content (AvgIpc) is 2.91. The largest absolute Gasteiger partial charge is 0.458 e. The number of allylic oxidation sites excluding steroid dienone is 4. The molecular formula is C24H31ClO5. The van der Waals surface area contributed by atoms with E-state index in [1.165, 1.54) is 6.92 Å². The molecule has 3 saturated carbocycles. The van der Waals surface area contributed by atoms with Crippen molar-refractivity contribution < 1.29 is 24.2 Å². The number of aliphatic hydroxyl groups excluding tert-OH is 1. The first-order valence-electron chi connectivity index (χ1n) is 10.9. The van der Waals surface area contributed by atoms with Crippen LogP contribution in [0.2, 0.25) is 0 Å². The van der Waals surface area contributed by atoms with Crippen molar-refractivity contribution in [3.63, 3.8) is 0 Å². The zero-order chi connectivity index (χ0) is 22.1. The number of esters is 1. The molecule has 6 heteroatoms. The van der Waals surface area contributed by atoms with E-state index < -0.39 is 27.8 Å². The van der Waals surface area contributed by atoms with E-state index in [1.807, 2.05) is 13.0 Å². The van der Waals surface area contributed by atoms with E-state index in [1.54, 1.807) is 12.2 Å². The van der Waals surface area contributed by atoms with Crippen LogP contribution in [0.4, 0.5) is 0 Å². The minimum atomic E-state index is -0.911. The van der Waals surface area contributed by atoms with E-state index in [4.69, 9.17) is 16.3 Å². The van der Waals surface area contributed by atoms with Crippen molar-refractivity contribution in [2.24, 2.45) is 34.5 Å². The zero-order valence-electron chi connectivity index (χ0n) is 18.1. The molecule has 0 aromatic heterocycles. The molecule has 0 aliphatic heterocycles. The molecular weight excluding hydrogens is 404 g/mol. The molecule has 5 nitrogen and oxygen atoms in total. The van der Waals surface area contributed by atoms with Crippen LogP contribution in [-0.2, 0) is 19.1 Å². The molecule has 8 atom stereocenters. The van der Waals surface area contributed by atoms with Gasteiger partial charge in [0.2, 0.25) is 0 Å². The summed E-state index contributed by atoms with van der Waals surface area (Å²) in [4.78, 5) is 35.3. The number of carbonyl (C=O) groups excluding carboxylic acids is 3. The number of ether oxygens (including phenoxy) is 1. The highest BCUT2D eigenvalue weighted by atomic mass is 35.5. The lowest BCUT2D eigenvalue weighted by molar-refractivity contribution is -0.151. The second-order valence-corrected chi connectivity index (χ2v) is 10.9. The van der Waals surface area contributed by atoms with Crippen LogP contribution in [0.3, 0.4) is 0 Å². The van der Waals surface area contributed by atoms with Gasteiger partial charge in [-0.3, -0.25) is 14.4 Å². The van der Waals surface area contributed by atoms with Crippen molar-refractivity contribution in [2.45, 2.75) is 64.4 Å². The number of rotatable bonds is 3. The molecule has 30 heavy (non-hydrogen) atoms. The number of halogens is 1. The summed E-state index contributed by atoms with van der Waals surface area (Å²) in [6.07, 6.45) is 7.16. The van der Waals surface area contributed by atoms with Crippen molar-refractivity contribution in [1.82, 2.24) is 0 Å². The highest BCUT2D eigenvalue weighted by Crippen LogP contribution is 2.70. The monoisotopic (exact) mass is 434 g/mol. The van der Waals surface area contributed by atoms with Crippen molar-refractivity contribution in [3.8, 4) is 0 Å². The summed E-state index contributed by atoms with van der Waals surface area (Å²) < 4.78 is 5.01. The summed E-state index contributed by atoms with van der Waals surface area (Å²) in [7, 11) is 0. The van der Waals surface area contributed by atoms with Crippen molar-refractivity contribution in [1.29, 1.82) is 0 Å². The lowest BCUT2D eigenvalue weighted by Crippen LogP contribution is -2.66. The maximum atomic E-state index is 13.0. The maximum absolute atomic E-state index is 13.0. The highest BCUT2D eigenvalue weighted by molar-refractivity contribution is 6.26. The Bertz CT molecular complexity index is 862. The van der Waals surface area contributed by atoms with Crippen molar-refractivity contribution >= 4 is 29.1 Å². The molecule has 2 unspecified atom stereocenters. The van der Waals surface area contributed by atoms with E-state index in [-0.39, 0.29) is 41.8 Å². The normalized spacial score (nSPS) is 47.1. The molecule has 164 valence electrons. The number of fused-ring (bicyclic) bond motifs is 5. The second kappa shape index (κ2) is 7.03. The van der Waals surface area contributed by atoms with Crippen molar-refractivity contribution in [3.05, 3.63) is 23.8 Å². The molecule has 0 bridgehead atoms. The Morgan fingerprint density at radius 2 is 2.00 bits per heavy atom. The Kier molecular flexibility index (Phi) is 5.10. The van der Waals surface area contributed by atoms with Crippen LogP contribution in [0, 0.1) is 34.5 Å². The minimum Gasteiger partial charge on any atom is -0.458 e. The maximum Gasteiger partial charge on any atom is 0.303 e. The van der Waals surface area contributed by atoms with Gasteiger partial charge in [0.25, 0.3) is 0 Å². The summed E-state index contributed by atoms with van der Waals surface area (Å²) in [5, 5.41) is 11.5. The predicted molar refractivity (Wildman–Crippen MR) is 113 cm³/mol. The number of hydrogen-bond acceptors (Lipinski definition) is 5. The molecule has 4 rings (SSSR count). The van der Waals surface area contributed by atoms with Gasteiger partial charge in [-0.25, -0.2) is 0 Å². The smallest absolute Gasteiger partial charge is 0.303 e. The molecule has 1 N–H and O–H groups in total. The lowest BCUT2D eigenvalue weighted by Gasteiger charge is -2.63. The molecule has 0 saturated heterocycles. The Balaban J connectivity index is 1.71. The molecule has 4 aliphatic rings. The summed E-state index contributed by atoms with van der Waals surface area (Å²) in [6, 6.07) is 0. The van der Waals surface area contributed by atoms with Gasteiger partial charge >= 0.3 is 5.97 Å². The topological polar surface area (TPSA) is 80.7 Å². The summed E-state index contributed by atoms with van der Waals surface area (Å²) in [5.74, 6) is -0.485. The van der Waals surface area contributed by atoms with Crippen LogP contribution in [0.15, 0.2) is 23.8 Å². The molecule has 3 fully saturated rings. The van der Waals surface area contributed by atoms with Gasteiger partial charge in [-0.05, 0) is 61.0 Å². The predicted octanol–water partition coefficient (Wildman–Crippen LogP) is 3.62. The summed E-state index contributed by atoms with van der Waals surface area (Å²) in [5.41, 5.74) is 0.0116. The van der Waals surface area contributed by atoms with Crippen LogP contribution >= 0.6 is 11.6 Å². The Morgan fingerprint density at radius 3 is 2.67 bits per heavy atom. The fourth-order valence-corrected chi connectivity index (χ4v) is 8.05. The third kappa shape index (κ3) is 2.81. The standard InChI is InChI=1S/C24H31ClO5/c1-13-9-18-17-6-5-15-10-16(27)7-8-23(15,4)24(17,25)20(29)11-22(18,3)21(13)19(28)12-30-14(2)26/h7-8,10,13,17-18,20-21,29H,5-6,9,11-12H2,1-4H3/t13?,17-,18-,20?,21+,22-,23-,24-/m0/s1. The summed E-state index contributed by atoms with van der Waals surface area (Å²) in [6.45, 7) is 7.31. The highest BCUT2D eigenvalue weighted by Gasteiger charge is 2.70. The van der Waals surface area contributed by atoms with E-state index in [0.717, 1.165) is 24.8 Å². The zero-order valence-corrected chi connectivity index (χ0v) is 18.9. The van der Waals surface area contributed by atoms with E-state index in [9.17, 15) is 19.5 Å². The number of ketones is 2. The van der Waals surface area contributed by atoms with Crippen LogP contribution in [-0.4, -0.2) is 40.2 Å². The fourth-order valence-electron chi connectivity index (χ4n) is 7.53. The second-order valence-electron chi connectivity index (χ2n) is 10.3. The first-order valence-corrected chi connectivity index (χ1v) is 11.3. The quantitative estimate of drug-likeness (QED) is 0.542. The first-order chi connectivity index (χ1) is 13.9. The molecule has 0 spiro atoms. The van der Waals surface area contributed by atoms with E-state index in [0.29, 0.717) is 6.42 Å². The molecule has 0 amide bonds. The lowest BCUT2D eigenvalue weighted by atomic mass is 9.46. The van der Waals surface area contributed by atoms with Gasteiger partial charge < -0.3 is 9.84 Å². The molecule has 0 radical (unpaired) electrons.